The fourth-order valence-electron chi connectivity index (χ4n) is 3.97. The van der Waals surface area contributed by atoms with E-state index in [9.17, 15) is 0 Å². The van der Waals surface area contributed by atoms with Gasteiger partial charge in [0.15, 0.2) is 0 Å². The van der Waals surface area contributed by atoms with Crippen LogP contribution in [0.2, 0.25) is 21.6 Å². The highest BCUT2D eigenvalue weighted by atomic mass is 35.5. The molecule has 24 heavy (non-hydrogen) atoms. The Morgan fingerprint density at radius 1 is 1.04 bits per heavy atom. The molecule has 1 heterocycles. The lowest BCUT2D eigenvalue weighted by molar-refractivity contribution is 0.838. The second-order valence-corrected chi connectivity index (χ2v) is 13.4. The van der Waals surface area contributed by atoms with E-state index in [2.05, 4.69) is 58.0 Å². The van der Waals surface area contributed by atoms with Crippen LogP contribution in [0.5, 0.6) is 0 Å². The number of anilines is 1. The fourth-order valence-corrected chi connectivity index (χ4v) is 9.50. The fraction of sp³-hybridized carbons (Fsp3) is 0.450. The summed E-state index contributed by atoms with van der Waals surface area (Å²) in [7, 11) is -1.78. The SMILES string of the molecule is CC(C)[Si](C#Cc1cccc2nc(N)cc(Cl)c12)(C(C)C)C(C)C. The highest BCUT2D eigenvalue weighted by molar-refractivity contribution is 6.90. The number of rotatable bonds is 3. The number of aromatic nitrogens is 1. The molecule has 1 aromatic carbocycles. The predicted octanol–water partition coefficient (Wildman–Crippen LogP) is 6.04. The van der Waals surface area contributed by atoms with Gasteiger partial charge in [0.25, 0.3) is 0 Å². The van der Waals surface area contributed by atoms with E-state index >= 15 is 0 Å². The van der Waals surface area contributed by atoms with Gasteiger partial charge in [-0.15, -0.1) is 5.54 Å². The van der Waals surface area contributed by atoms with Gasteiger partial charge in [-0.25, -0.2) is 4.98 Å². The third kappa shape index (κ3) is 3.31. The van der Waals surface area contributed by atoms with Crippen LogP contribution in [0.15, 0.2) is 24.3 Å². The van der Waals surface area contributed by atoms with Crippen molar-refractivity contribution in [1.29, 1.82) is 0 Å². The third-order valence-electron chi connectivity index (χ3n) is 5.09. The summed E-state index contributed by atoms with van der Waals surface area (Å²) in [6, 6.07) is 7.63. The Bertz CT molecular complexity index is 779. The van der Waals surface area contributed by atoms with Crippen LogP contribution in [0.1, 0.15) is 47.1 Å². The average molecular weight is 359 g/mol. The summed E-state index contributed by atoms with van der Waals surface area (Å²) in [4.78, 5) is 4.38. The Kier molecular flexibility index (Phi) is 5.62. The Balaban J connectivity index is 2.68. The van der Waals surface area contributed by atoms with E-state index < -0.39 is 8.07 Å². The van der Waals surface area contributed by atoms with E-state index in [-0.39, 0.29) is 0 Å². The topological polar surface area (TPSA) is 38.9 Å². The summed E-state index contributed by atoms with van der Waals surface area (Å²) in [5.74, 6) is 3.92. The number of benzene rings is 1. The molecule has 1 aromatic heterocycles. The number of hydrogen-bond donors (Lipinski definition) is 1. The number of fused-ring (bicyclic) bond motifs is 1. The van der Waals surface area contributed by atoms with Crippen LogP contribution in [-0.2, 0) is 0 Å². The smallest absolute Gasteiger partial charge is 0.146 e. The largest absolute Gasteiger partial charge is 0.384 e. The maximum Gasteiger partial charge on any atom is 0.146 e. The van der Waals surface area contributed by atoms with Gasteiger partial charge >= 0.3 is 0 Å². The van der Waals surface area contributed by atoms with Crippen LogP contribution in [0.3, 0.4) is 0 Å². The molecule has 0 amide bonds. The highest BCUT2D eigenvalue weighted by Gasteiger charge is 2.41. The third-order valence-corrected chi connectivity index (χ3v) is 11.7. The van der Waals surface area contributed by atoms with Crippen LogP contribution in [-0.4, -0.2) is 13.1 Å². The zero-order chi connectivity index (χ0) is 18.1. The maximum absolute atomic E-state index is 6.43. The van der Waals surface area contributed by atoms with Crippen molar-refractivity contribution >= 4 is 36.4 Å². The van der Waals surface area contributed by atoms with Crippen molar-refractivity contribution in [2.45, 2.75) is 58.2 Å². The molecule has 4 heteroatoms. The van der Waals surface area contributed by atoms with E-state index in [1.165, 1.54) is 0 Å². The summed E-state index contributed by atoms with van der Waals surface area (Å²) < 4.78 is 0. The minimum atomic E-state index is -1.78. The molecule has 2 N–H and O–H groups in total. The van der Waals surface area contributed by atoms with Gasteiger partial charge in [-0.3, -0.25) is 0 Å². The van der Waals surface area contributed by atoms with Gasteiger partial charge in [0.05, 0.1) is 10.5 Å². The van der Waals surface area contributed by atoms with Gasteiger partial charge in [-0.1, -0.05) is 65.1 Å². The molecule has 0 fully saturated rings. The van der Waals surface area contributed by atoms with E-state index in [0.29, 0.717) is 27.5 Å². The van der Waals surface area contributed by atoms with Crippen molar-refractivity contribution in [3.05, 3.63) is 34.9 Å². The van der Waals surface area contributed by atoms with Gasteiger partial charge in [0, 0.05) is 10.9 Å². The first-order valence-corrected chi connectivity index (χ1v) is 11.2. The molecule has 2 rings (SSSR count). The summed E-state index contributed by atoms with van der Waals surface area (Å²) in [5.41, 5.74) is 13.1. The number of nitrogens with zero attached hydrogens (tertiary/aromatic N) is 1. The first-order valence-electron chi connectivity index (χ1n) is 8.58. The maximum atomic E-state index is 6.43. The first-order chi connectivity index (χ1) is 11.2. The van der Waals surface area contributed by atoms with Crippen molar-refractivity contribution in [3.63, 3.8) is 0 Å². The molecule has 0 bridgehead atoms. The van der Waals surface area contributed by atoms with Gasteiger partial charge in [-0.05, 0) is 34.8 Å². The molecule has 0 unspecified atom stereocenters. The quantitative estimate of drug-likeness (QED) is 0.536. The van der Waals surface area contributed by atoms with Crippen LogP contribution < -0.4 is 5.73 Å². The summed E-state index contributed by atoms with van der Waals surface area (Å²) >= 11 is 6.43. The van der Waals surface area contributed by atoms with Gasteiger partial charge in [0.1, 0.15) is 13.9 Å². The molecule has 0 saturated heterocycles. The number of nitrogen functional groups attached to an aromatic ring is 1. The van der Waals surface area contributed by atoms with Crippen molar-refractivity contribution in [2.75, 3.05) is 5.73 Å². The van der Waals surface area contributed by atoms with Crippen LogP contribution in [0, 0.1) is 11.5 Å². The summed E-state index contributed by atoms with van der Waals surface area (Å²) in [6.45, 7) is 13.9. The molecule has 0 spiro atoms. The van der Waals surface area contributed by atoms with Gasteiger partial charge in [-0.2, -0.15) is 0 Å². The number of hydrogen-bond acceptors (Lipinski definition) is 2. The number of nitrogens with two attached hydrogens (primary N) is 1. The zero-order valence-electron chi connectivity index (χ0n) is 15.4. The lowest BCUT2D eigenvalue weighted by atomic mass is 10.1. The molecule has 2 nitrogen and oxygen atoms in total. The van der Waals surface area contributed by atoms with Crippen molar-refractivity contribution in [1.82, 2.24) is 4.98 Å². The molecule has 0 saturated carbocycles. The highest BCUT2D eigenvalue weighted by Crippen LogP contribution is 2.41. The number of halogens is 1. The average Bonchev–Trinajstić information content (AvgIpc) is 2.46. The molecule has 2 aromatic rings. The molecule has 0 aliphatic rings. The lowest BCUT2D eigenvalue weighted by Crippen LogP contribution is -2.43. The molecular formula is C20H27ClN2Si. The van der Waals surface area contributed by atoms with E-state index in [0.717, 1.165) is 16.5 Å². The summed E-state index contributed by atoms with van der Waals surface area (Å²) in [5, 5.41) is 1.52. The second kappa shape index (κ2) is 7.17. The minimum absolute atomic E-state index is 0.438. The van der Waals surface area contributed by atoms with Gasteiger partial charge in [0.2, 0.25) is 0 Å². The molecule has 0 aliphatic heterocycles. The molecule has 0 radical (unpaired) electrons. The molecular weight excluding hydrogens is 332 g/mol. The molecule has 0 aliphatic carbocycles. The van der Waals surface area contributed by atoms with Crippen molar-refractivity contribution < 1.29 is 0 Å². The van der Waals surface area contributed by atoms with Crippen molar-refractivity contribution in [3.8, 4) is 11.5 Å². The summed E-state index contributed by atoms with van der Waals surface area (Å²) in [6.07, 6.45) is 0. The Labute approximate surface area is 151 Å². The number of pyridine rings is 1. The monoisotopic (exact) mass is 358 g/mol. The van der Waals surface area contributed by atoms with Gasteiger partial charge < -0.3 is 5.73 Å². The zero-order valence-corrected chi connectivity index (χ0v) is 17.2. The van der Waals surface area contributed by atoms with Crippen LogP contribution in [0.25, 0.3) is 10.9 Å². The van der Waals surface area contributed by atoms with Crippen LogP contribution in [0.4, 0.5) is 5.82 Å². The predicted molar refractivity (Wildman–Crippen MR) is 109 cm³/mol. The van der Waals surface area contributed by atoms with E-state index in [4.69, 9.17) is 17.3 Å². The normalized spacial score (nSPS) is 12.1. The van der Waals surface area contributed by atoms with Crippen molar-refractivity contribution in [2.24, 2.45) is 0 Å². The second-order valence-electron chi connectivity index (χ2n) is 7.38. The standard InChI is InChI=1S/C20H27ClN2Si/c1-13(2)24(14(3)4,15(5)6)11-10-16-8-7-9-18-20(16)17(21)12-19(22)23-18/h7-9,12-15H,1-6H3,(H2,22,23). The Hall–Kier alpha value is -1.50. The Morgan fingerprint density at radius 3 is 2.17 bits per heavy atom. The Morgan fingerprint density at radius 2 is 1.62 bits per heavy atom. The minimum Gasteiger partial charge on any atom is -0.384 e. The molecule has 128 valence electrons. The van der Waals surface area contributed by atoms with E-state index in [1.54, 1.807) is 6.07 Å². The first kappa shape index (κ1) is 18.8. The van der Waals surface area contributed by atoms with E-state index in [1.807, 2.05) is 18.2 Å². The van der Waals surface area contributed by atoms with Crippen LogP contribution >= 0.6 is 11.6 Å². The molecule has 0 atom stereocenters. The lowest BCUT2D eigenvalue weighted by Gasteiger charge is -2.38.